The molecule has 2 heterocycles. The minimum absolute atomic E-state index is 0.110. The van der Waals surface area contributed by atoms with E-state index in [1.165, 1.54) is 57.8 Å². The summed E-state index contributed by atoms with van der Waals surface area (Å²) in [5, 5.41) is 2.62. The Morgan fingerprint density at radius 3 is 2.21 bits per heavy atom. The number of imidazole rings is 1. The molecule has 0 saturated carbocycles. The van der Waals surface area contributed by atoms with E-state index in [4.69, 9.17) is 4.98 Å². The molecule has 2 aliphatic rings. The Morgan fingerprint density at radius 2 is 1.48 bits per heavy atom. The van der Waals surface area contributed by atoms with Crippen molar-refractivity contribution in [1.29, 1.82) is 0 Å². The predicted molar refractivity (Wildman–Crippen MR) is 122 cm³/mol. The summed E-state index contributed by atoms with van der Waals surface area (Å²) in [4.78, 5) is 5.17. The molecule has 2 nitrogen and oxygen atoms in total. The first-order valence-corrected chi connectivity index (χ1v) is 11.0. The fourth-order valence-corrected chi connectivity index (χ4v) is 6.10. The summed E-state index contributed by atoms with van der Waals surface area (Å²) in [6, 6.07) is 11.9. The van der Waals surface area contributed by atoms with E-state index in [1.807, 2.05) is 0 Å². The van der Waals surface area contributed by atoms with E-state index < -0.39 is 0 Å². The molecule has 6 rings (SSSR count). The number of pyridine rings is 1. The first-order chi connectivity index (χ1) is 13.6. The highest BCUT2D eigenvalue weighted by molar-refractivity contribution is 5.99. The Morgan fingerprint density at radius 1 is 0.828 bits per heavy atom. The molecule has 148 valence electrons. The first kappa shape index (κ1) is 17.5. The quantitative estimate of drug-likeness (QED) is 0.330. The molecule has 0 amide bonds. The van der Waals surface area contributed by atoms with Gasteiger partial charge >= 0.3 is 0 Å². The van der Waals surface area contributed by atoms with E-state index in [0.29, 0.717) is 0 Å². The fraction of sp³-hybridized carbons (Fsp3) is 0.444. The monoisotopic (exact) mass is 382 g/mol. The third-order valence-electron chi connectivity index (χ3n) is 9.21. The van der Waals surface area contributed by atoms with E-state index in [9.17, 15) is 0 Å². The van der Waals surface area contributed by atoms with Gasteiger partial charge in [0.25, 0.3) is 0 Å². The molecule has 0 bridgehead atoms. The normalized spacial score (nSPS) is 21.2. The van der Waals surface area contributed by atoms with Gasteiger partial charge in [-0.2, -0.15) is 0 Å². The van der Waals surface area contributed by atoms with Crippen molar-refractivity contribution in [3.8, 4) is 0 Å². The Hall–Kier alpha value is -2.35. The average molecular weight is 383 g/mol. The van der Waals surface area contributed by atoms with Crippen LogP contribution in [0.3, 0.4) is 0 Å². The van der Waals surface area contributed by atoms with Crippen LogP contribution in [-0.4, -0.2) is 9.38 Å². The number of hydrogen-bond acceptors (Lipinski definition) is 1. The number of fused-ring (bicyclic) bond motifs is 7. The molecule has 2 aliphatic carbocycles. The van der Waals surface area contributed by atoms with E-state index in [-0.39, 0.29) is 16.2 Å². The molecule has 2 aromatic carbocycles. The fourth-order valence-electron chi connectivity index (χ4n) is 6.10. The first-order valence-electron chi connectivity index (χ1n) is 11.0. The number of aromatic nitrogens is 2. The van der Waals surface area contributed by atoms with Gasteiger partial charge in [-0.3, -0.25) is 4.40 Å². The maximum atomic E-state index is 5.17. The summed E-state index contributed by atoms with van der Waals surface area (Å²) in [5.41, 5.74) is 9.86. The van der Waals surface area contributed by atoms with Crippen LogP contribution in [-0.2, 0) is 23.7 Å². The lowest BCUT2D eigenvalue weighted by Gasteiger charge is -2.44. The van der Waals surface area contributed by atoms with Crippen molar-refractivity contribution in [1.82, 2.24) is 9.38 Å². The van der Waals surface area contributed by atoms with Gasteiger partial charge < -0.3 is 0 Å². The molecule has 2 aromatic heterocycles. The summed E-state index contributed by atoms with van der Waals surface area (Å²) >= 11 is 0. The lowest BCUT2D eigenvalue weighted by molar-refractivity contribution is 0.125. The second-order valence-electron chi connectivity index (χ2n) is 10.9. The number of rotatable bonds is 0. The smallest absolute Gasteiger partial charge is 0.145 e. The number of benzene rings is 2. The summed E-state index contributed by atoms with van der Waals surface area (Å²) in [6.45, 7) is 14.5. The second-order valence-corrected chi connectivity index (χ2v) is 10.9. The van der Waals surface area contributed by atoms with Crippen LogP contribution in [0.2, 0.25) is 0 Å². The van der Waals surface area contributed by atoms with Crippen molar-refractivity contribution >= 4 is 27.5 Å². The minimum atomic E-state index is 0.110. The zero-order valence-electron chi connectivity index (χ0n) is 18.5. The molecular weight excluding hydrogens is 352 g/mol. The largest absolute Gasteiger partial charge is 0.299 e. The van der Waals surface area contributed by atoms with Gasteiger partial charge in [-0.1, -0.05) is 47.6 Å². The Kier molecular flexibility index (Phi) is 3.04. The van der Waals surface area contributed by atoms with Crippen LogP contribution >= 0.6 is 0 Å². The molecule has 0 spiro atoms. The number of aryl methyl sites for hydroxylation is 2. The van der Waals surface area contributed by atoms with E-state index in [2.05, 4.69) is 82.5 Å². The predicted octanol–water partition coefficient (Wildman–Crippen LogP) is 6.72. The third-order valence-corrected chi connectivity index (χ3v) is 9.21. The third kappa shape index (κ3) is 1.91. The summed E-state index contributed by atoms with van der Waals surface area (Å²) in [5.74, 6) is 0. The molecule has 2 heteroatoms. The maximum Gasteiger partial charge on any atom is 0.145 e. The lowest BCUT2D eigenvalue weighted by Crippen LogP contribution is -2.42. The van der Waals surface area contributed by atoms with E-state index in [0.717, 1.165) is 11.2 Å². The molecule has 0 unspecified atom stereocenters. The Bertz CT molecular complexity index is 1350. The summed E-state index contributed by atoms with van der Waals surface area (Å²) < 4.78 is 2.31. The van der Waals surface area contributed by atoms with Crippen LogP contribution in [0, 0.1) is 5.41 Å². The molecule has 4 aromatic rings. The van der Waals surface area contributed by atoms with Crippen LogP contribution < -0.4 is 0 Å². The van der Waals surface area contributed by atoms with E-state index in [1.54, 1.807) is 0 Å². The summed E-state index contributed by atoms with van der Waals surface area (Å²) in [6.07, 6.45) is 5.93. The SMILES string of the molecule is CC1(C)c2cc3nc4c5cc6c(cc5ccn4c3cc2C(C)(C)C1(C)C)CCC6. The lowest BCUT2D eigenvalue weighted by atomic mass is 9.59. The zero-order chi connectivity index (χ0) is 20.3. The number of hydrogen-bond donors (Lipinski definition) is 0. The molecule has 0 radical (unpaired) electrons. The topological polar surface area (TPSA) is 17.3 Å². The molecule has 0 aliphatic heterocycles. The van der Waals surface area contributed by atoms with Crippen LogP contribution in [0.1, 0.15) is 70.2 Å². The molecule has 29 heavy (non-hydrogen) atoms. The Labute approximate surface area is 173 Å². The Balaban J connectivity index is 1.70. The van der Waals surface area contributed by atoms with Crippen LogP contribution in [0.25, 0.3) is 27.5 Å². The van der Waals surface area contributed by atoms with Gasteiger partial charge in [-0.05, 0) is 87.4 Å². The van der Waals surface area contributed by atoms with Gasteiger partial charge in [0, 0.05) is 11.6 Å². The van der Waals surface area contributed by atoms with Crippen LogP contribution in [0.15, 0.2) is 36.5 Å². The van der Waals surface area contributed by atoms with Gasteiger partial charge in [-0.25, -0.2) is 4.98 Å². The number of nitrogens with zero attached hydrogens (tertiary/aromatic N) is 2. The minimum Gasteiger partial charge on any atom is -0.299 e. The van der Waals surface area contributed by atoms with Crippen molar-refractivity contribution in [2.45, 2.75) is 71.6 Å². The van der Waals surface area contributed by atoms with Crippen molar-refractivity contribution in [2.24, 2.45) is 5.41 Å². The molecule has 0 N–H and O–H groups in total. The van der Waals surface area contributed by atoms with Crippen molar-refractivity contribution < 1.29 is 0 Å². The van der Waals surface area contributed by atoms with Gasteiger partial charge in [0.15, 0.2) is 0 Å². The van der Waals surface area contributed by atoms with Gasteiger partial charge in [0.2, 0.25) is 0 Å². The second kappa shape index (κ2) is 5.03. The molecule has 0 atom stereocenters. The standard InChI is InChI=1S/C27H30N2/c1-25(2)20-14-22-23(15-21(20)26(3,4)27(25,5)6)29-11-10-18-12-16-8-7-9-17(16)13-19(18)24(29)28-22/h10-15H,7-9H2,1-6H3. The van der Waals surface area contributed by atoms with Crippen molar-refractivity contribution in [2.75, 3.05) is 0 Å². The summed E-state index contributed by atoms with van der Waals surface area (Å²) in [7, 11) is 0. The van der Waals surface area contributed by atoms with Crippen LogP contribution in [0.5, 0.6) is 0 Å². The van der Waals surface area contributed by atoms with Crippen LogP contribution in [0.4, 0.5) is 0 Å². The van der Waals surface area contributed by atoms with E-state index >= 15 is 0 Å². The average Bonchev–Trinajstić information content (AvgIpc) is 3.30. The highest BCUT2D eigenvalue weighted by Crippen LogP contribution is 2.61. The molecule has 0 saturated heterocycles. The van der Waals surface area contributed by atoms with Gasteiger partial charge in [0.05, 0.1) is 11.0 Å². The van der Waals surface area contributed by atoms with Gasteiger partial charge in [0.1, 0.15) is 5.65 Å². The van der Waals surface area contributed by atoms with Crippen molar-refractivity contribution in [3.05, 3.63) is 58.8 Å². The molecular formula is C27H30N2. The maximum absolute atomic E-state index is 5.17. The highest BCUT2D eigenvalue weighted by Gasteiger charge is 2.56. The van der Waals surface area contributed by atoms with Gasteiger partial charge in [-0.15, -0.1) is 0 Å². The highest BCUT2D eigenvalue weighted by atomic mass is 15.0. The molecule has 0 fully saturated rings. The zero-order valence-corrected chi connectivity index (χ0v) is 18.5. The van der Waals surface area contributed by atoms with Crippen molar-refractivity contribution in [3.63, 3.8) is 0 Å².